The molecule has 7 rings (SSSR count). The van der Waals surface area contributed by atoms with Crippen molar-refractivity contribution in [3.8, 4) is 16.9 Å². The molecule has 4 aliphatic carbocycles. The molecule has 0 unspecified atom stereocenters. The molecular formula is C27H30N4O2. The molecule has 0 radical (unpaired) electrons. The summed E-state index contributed by atoms with van der Waals surface area (Å²) < 4.78 is 0. The molecule has 6 heteroatoms. The van der Waals surface area contributed by atoms with Gasteiger partial charge in [0, 0.05) is 6.04 Å². The van der Waals surface area contributed by atoms with Crippen LogP contribution in [-0.4, -0.2) is 27.1 Å². The Hall–Kier alpha value is -3.15. The first-order valence-corrected chi connectivity index (χ1v) is 12.1. The predicted octanol–water partition coefficient (Wildman–Crippen LogP) is 5.57. The van der Waals surface area contributed by atoms with Gasteiger partial charge >= 0.3 is 6.03 Å². The SMILES string of the molecule is Cc1cc(-c2ccc3ncc(NC(=O)NC4C5CC6CC(C5)CC4C6)nc3c2)cc(C)c1O. The lowest BCUT2D eigenvalue weighted by molar-refractivity contribution is -0.00883. The van der Waals surface area contributed by atoms with Crippen molar-refractivity contribution in [1.29, 1.82) is 0 Å². The van der Waals surface area contributed by atoms with Gasteiger partial charge in [-0.2, -0.15) is 0 Å². The average Bonchev–Trinajstić information content (AvgIpc) is 2.78. The fraction of sp³-hybridized carbons (Fsp3) is 0.444. The molecule has 0 aliphatic heterocycles. The number of carbonyl (C=O) groups is 1. The second-order valence-electron chi connectivity index (χ2n) is 10.5. The summed E-state index contributed by atoms with van der Waals surface area (Å²) in [4.78, 5) is 22.0. The van der Waals surface area contributed by atoms with Crippen LogP contribution in [0.25, 0.3) is 22.2 Å². The molecule has 4 saturated carbocycles. The van der Waals surface area contributed by atoms with Crippen LogP contribution in [-0.2, 0) is 0 Å². The van der Waals surface area contributed by atoms with Crippen LogP contribution in [0.5, 0.6) is 5.75 Å². The first kappa shape index (κ1) is 20.5. The highest BCUT2D eigenvalue weighted by Crippen LogP contribution is 2.53. The Labute approximate surface area is 193 Å². The van der Waals surface area contributed by atoms with Crippen molar-refractivity contribution in [3.05, 3.63) is 47.7 Å². The van der Waals surface area contributed by atoms with Gasteiger partial charge in [-0.25, -0.2) is 9.78 Å². The normalized spacial score (nSPS) is 27.6. The summed E-state index contributed by atoms with van der Waals surface area (Å²) in [5.74, 6) is 3.82. The number of urea groups is 1. The largest absolute Gasteiger partial charge is 0.507 e. The van der Waals surface area contributed by atoms with Gasteiger partial charge in [-0.15, -0.1) is 0 Å². The van der Waals surface area contributed by atoms with E-state index in [1.807, 2.05) is 44.2 Å². The zero-order valence-electron chi connectivity index (χ0n) is 19.1. The number of hydrogen-bond donors (Lipinski definition) is 3. The molecule has 1 aromatic heterocycles. The summed E-state index contributed by atoms with van der Waals surface area (Å²) in [5, 5.41) is 16.3. The average molecular weight is 443 g/mol. The molecule has 6 nitrogen and oxygen atoms in total. The van der Waals surface area contributed by atoms with Crippen LogP contribution < -0.4 is 10.6 Å². The van der Waals surface area contributed by atoms with Gasteiger partial charge in [-0.05, 0) is 116 Å². The lowest BCUT2D eigenvalue weighted by Gasteiger charge is -2.54. The van der Waals surface area contributed by atoms with Gasteiger partial charge in [0.15, 0.2) is 5.82 Å². The first-order chi connectivity index (χ1) is 15.9. The van der Waals surface area contributed by atoms with Crippen molar-refractivity contribution in [2.24, 2.45) is 23.7 Å². The Morgan fingerprint density at radius 1 is 0.909 bits per heavy atom. The van der Waals surface area contributed by atoms with Gasteiger partial charge in [0.05, 0.1) is 17.2 Å². The molecular weight excluding hydrogens is 412 g/mol. The standard InChI is InChI=1S/C27H30N4O2/c1-14-5-19(6-15(2)26(14)32)18-3-4-22-23(12-18)29-24(13-28-22)30-27(33)31-25-20-8-16-7-17(10-20)11-21(25)9-16/h3-6,12-13,16-17,20-21,25,32H,7-11H2,1-2H3,(H2,29,30,31,33). The third-order valence-corrected chi connectivity index (χ3v) is 8.13. The van der Waals surface area contributed by atoms with Crippen LogP contribution in [0.15, 0.2) is 36.5 Å². The number of aryl methyl sites for hydroxylation is 2. The van der Waals surface area contributed by atoms with Crippen molar-refractivity contribution < 1.29 is 9.90 Å². The van der Waals surface area contributed by atoms with E-state index in [4.69, 9.17) is 0 Å². The van der Waals surface area contributed by atoms with Crippen molar-refractivity contribution in [1.82, 2.24) is 15.3 Å². The Kier molecular flexibility index (Phi) is 4.78. The Bertz CT molecular complexity index is 1200. The second-order valence-corrected chi connectivity index (χ2v) is 10.5. The quantitative estimate of drug-likeness (QED) is 0.495. The Morgan fingerprint density at radius 2 is 1.58 bits per heavy atom. The molecule has 3 aromatic rings. The lowest BCUT2D eigenvalue weighted by atomic mass is 9.54. The minimum Gasteiger partial charge on any atom is -0.507 e. The molecule has 0 atom stereocenters. The van der Waals surface area contributed by atoms with E-state index in [2.05, 4.69) is 20.6 Å². The summed E-state index contributed by atoms with van der Waals surface area (Å²) in [5.41, 5.74) is 5.20. The molecule has 3 N–H and O–H groups in total. The highest BCUT2D eigenvalue weighted by Gasteiger charge is 2.48. The van der Waals surface area contributed by atoms with Gasteiger partial charge in [-0.3, -0.25) is 10.3 Å². The maximum Gasteiger partial charge on any atom is 0.320 e. The molecule has 4 aliphatic rings. The number of fused-ring (bicyclic) bond motifs is 1. The summed E-state index contributed by atoms with van der Waals surface area (Å²) in [6, 6.07) is 9.98. The minimum atomic E-state index is -0.179. The van der Waals surface area contributed by atoms with Crippen LogP contribution >= 0.6 is 0 Å². The number of amides is 2. The second kappa shape index (κ2) is 7.72. The molecule has 2 amide bonds. The van der Waals surface area contributed by atoms with Crippen molar-refractivity contribution in [2.45, 2.75) is 52.0 Å². The Morgan fingerprint density at radius 3 is 2.24 bits per heavy atom. The number of aromatic hydroxyl groups is 1. The Balaban J connectivity index is 1.20. The molecule has 170 valence electrons. The number of rotatable bonds is 3. The third kappa shape index (κ3) is 3.71. The fourth-order valence-electron chi connectivity index (χ4n) is 6.84. The van der Waals surface area contributed by atoms with Crippen LogP contribution in [0.3, 0.4) is 0 Å². The lowest BCUT2D eigenvalue weighted by Crippen LogP contribution is -2.56. The third-order valence-electron chi connectivity index (χ3n) is 8.13. The molecule has 4 bridgehead atoms. The van der Waals surface area contributed by atoms with Gasteiger partial charge < -0.3 is 10.4 Å². The van der Waals surface area contributed by atoms with Gasteiger partial charge in [-0.1, -0.05) is 6.07 Å². The zero-order valence-corrected chi connectivity index (χ0v) is 19.1. The van der Waals surface area contributed by atoms with Crippen LogP contribution in [0.4, 0.5) is 10.6 Å². The number of nitrogens with one attached hydrogen (secondary N) is 2. The number of phenols is 1. The van der Waals surface area contributed by atoms with E-state index in [0.717, 1.165) is 45.1 Å². The van der Waals surface area contributed by atoms with E-state index in [-0.39, 0.29) is 6.03 Å². The number of hydrogen-bond acceptors (Lipinski definition) is 4. The van der Waals surface area contributed by atoms with Gasteiger partial charge in [0.25, 0.3) is 0 Å². The van der Waals surface area contributed by atoms with Crippen LogP contribution in [0, 0.1) is 37.5 Å². The molecule has 1 heterocycles. The van der Waals surface area contributed by atoms with Crippen molar-refractivity contribution >= 4 is 22.9 Å². The smallest absolute Gasteiger partial charge is 0.320 e. The first-order valence-electron chi connectivity index (χ1n) is 12.1. The number of aromatic nitrogens is 2. The van der Waals surface area contributed by atoms with Crippen molar-refractivity contribution in [2.75, 3.05) is 5.32 Å². The highest BCUT2D eigenvalue weighted by atomic mass is 16.3. The van der Waals surface area contributed by atoms with E-state index in [0.29, 0.717) is 29.4 Å². The van der Waals surface area contributed by atoms with E-state index < -0.39 is 0 Å². The van der Waals surface area contributed by atoms with Gasteiger partial charge in [0.1, 0.15) is 5.75 Å². The number of carbonyl (C=O) groups excluding carboxylic acids is 1. The maximum absolute atomic E-state index is 12.8. The molecule has 2 aromatic carbocycles. The van der Waals surface area contributed by atoms with E-state index in [1.54, 1.807) is 6.20 Å². The molecule has 33 heavy (non-hydrogen) atoms. The fourth-order valence-corrected chi connectivity index (χ4v) is 6.84. The predicted molar refractivity (Wildman–Crippen MR) is 129 cm³/mol. The number of phenolic OH excluding ortho intramolecular Hbond substituents is 1. The molecule has 4 fully saturated rings. The maximum atomic E-state index is 12.8. The van der Waals surface area contributed by atoms with E-state index in [1.165, 1.54) is 32.1 Å². The number of nitrogens with zero attached hydrogens (tertiary/aromatic N) is 2. The zero-order chi connectivity index (χ0) is 22.7. The van der Waals surface area contributed by atoms with Gasteiger partial charge in [0.2, 0.25) is 0 Å². The van der Waals surface area contributed by atoms with E-state index in [9.17, 15) is 9.90 Å². The number of benzene rings is 2. The summed E-state index contributed by atoms with van der Waals surface area (Å²) >= 11 is 0. The van der Waals surface area contributed by atoms with Crippen molar-refractivity contribution in [3.63, 3.8) is 0 Å². The molecule has 0 saturated heterocycles. The van der Waals surface area contributed by atoms with Crippen LogP contribution in [0.2, 0.25) is 0 Å². The summed E-state index contributed by atoms with van der Waals surface area (Å²) in [7, 11) is 0. The summed E-state index contributed by atoms with van der Waals surface area (Å²) in [6.07, 6.45) is 8.11. The number of anilines is 1. The topological polar surface area (TPSA) is 87.1 Å². The van der Waals surface area contributed by atoms with Crippen LogP contribution in [0.1, 0.15) is 43.2 Å². The summed E-state index contributed by atoms with van der Waals surface area (Å²) in [6.45, 7) is 3.80. The minimum absolute atomic E-state index is 0.179. The monoisotopic (exact) mass is 442 g/mol. The highest BCUT2D eigenvalue weighted by molar-refractivity contribution is 5.90. The van der Waals surface area contributed by atoms with E-state index >= 15 is 0 Å². The molecule has 0 spiro atoms.